The van der Waals surface area contributed by atoms with E-state index in [1.165, 1.54) is 0 Å². The zero-order chi connectivity index (χ0) is 14.6. The molecule has 1 aromatic rings. The second kappa shape index (κ2) is 6.67. The standard InChI is InChI=1S/C12H18BrFN2O2S/c1-3-4-5-8(2)16-19(17,18)12-7-11(15)9(13)6-10(12)14/h6-8,16H,3-5,15H2,1-2H3. The highest BCUT2D eigenvalue weighted by Gasteiger charge is 2.22. The van der Waals surface area contributed by atoms with E-state index < -0.39 is 20.7 Å². The summed E-state index contributed by atoms with van der Waals surface area (Å²) in [5.41, 5.74) is 5.77. The fraction of sp³-hybridized carbons (Fsp3) is 0.500. The fourth-order valence-corrected chi connectivity index (χ4v) is 3.34. The lowest BCUT2D eigenvalue weighted by Crippen LogP contribution is -2.33. The number of anilines is 1. The minimum Gasteiger partial charge on any atom is -0.398 e. The van der Waals surface area contributed by atoms with Crippen LogP contribution in [0.2, 0.25) is 0 Å². The lowest BCUT2D eigenvalue weighted by molar-refractivity contribution is 0.524. The molecular formula is C12H18BrFN2O2S. The van der Waals surface area contributed by atoms with Gasteiger partial charge in [-0.15, -0.1) is 0 Å². The molecule has 0 radical (unpaired) electrons. The molecule has 19 heavy (non-hydrogen) atoms. The van der Waals surface area contributed by atoms with Crippen molar-refractivity contribution in [2.24, 2.45) is 0 Å². The van der Waals surface area contributed by atoms with Gasteiger partial charge in [-0.2, -0.15) is 0 Å². The number of sulfonamides is 1. The maximum absolute atomic E-state index is 13.7. The van der Waals surface area contributed by atoms with E-state index in [-0.39, 0.29) is 11.7 Å². The Labute approximate surface area is 121 Å². The van der Waals surface area contributed by atoms with Gasteiger partial charge in [-0.1, -0.05) is 19.8 Å². The van der Waals surface area contributed by atoms with Gasteiger partial charge in [0.25, 0.3) is 0 Å². The minimum atomic E-state index is -3.89. The Morgan fingerprint density at radius 2 is 2.11 bits per heavy atom. The number of hydrogen-bond donors (Lipinski definition) is 2. The van der Waals surface area contributed by atoms with Gasteiger partial charge in [-0.25, -0.2) is 17.5 Å². The number of hydrogen-bond acceptors (Lipinski definition) is 3. The average Bonchev–Trinajstić information content (AvgIpc) is 2.30. The number of nitrogens with one attached hydrogen (secondary N) is 1. The molecule has 0 heterocycles. The molecule has 0 aliphatic rings. The summed E-state index contributed by atoms with van der Waals surface area (Å²) in [6, 6.07) is 1.93. The molecule has 0 bridgehead atoms. The first kappa shape index (κ1) is 16.4. The van der Waals surface area contributed by atoms with Crippen LogP contribution < -0.4 is 10.5 Å². The Morgan fingerprint density at radius 1 is 1.47 bits per heavy atom. The summed E-state index contributed by atoms with van der Waals surface area (Å²) in [6.07, 6.45) is 2.60. The van der Waals surface area contributed by atoms with Gasteiger partial charge in [0, 0.05) is 16.2 Å². The molecule has 1 aromatic carbocycles. The molecule has 0 saturated carbocycles. The molecule has 0 fully saturated rings. The molecule has 0 amide bonds. The van der Waals surface area contributed by atoms with Gasteiger partial charge in [-0.05, 0) is 41.4 Å². The van der Waals surface area contributed by atoms with Gasteiger partial charge in [0.2, 0.25) is 10.0 Å². The first-order chi connectivity index (χ1) is 8.77. The maximum Gasteiger partial charge on any atom is 0.243 e. The summed E-state index contributed by atoms with van der Waals surface area (Å²) in [4.78, 5) is -0.420. The number of benzene rings is 1. The van der Waals surface area contributed by atoms with E-state index in [2.05, 4.69) is 20.7 Å². The van der Waals surface area contributed by atoms with Gasteiger partial charge in [0.15, 0.2) is 0 Å². The number of unbranched alkanes of at least 4 members (excludes halogenated alkanes) is 1. The van der Waals surface area contributed by atoms with E-state index in [9.17, 15) is 12.8 Å². The van der Waals surface area contributed by atoms with Crippen LogP contribution in [0.4, 0.5) is 10.1 Å². The van der Waals surface area contributed by atoms with Gasteiger partial charge in [0.1, 0.15) is 10.7 Å². The molecule has 0 aliphatic carbocycles. The first-order valence-corrected chi connectivity index (χ1v) is 8.32. The molecule has 0 saturated heterocycles. The Balaban J connectivity index is 2.98. The highest BCUT2D eigenvalue weighted by Crippen LogP contribution is 2.26. The number of nitrogens with two attached hydrogens (primary N) is 1. The average molecular weight is 353 g/mol. The topological polar surface area (TPSA) is 72.2 Å². The molecular weight excluding hydrogens is 335 g/mol. The largest absolute Gasteiger partial charge is 0.398 e. The predicted molar refractivity (Wildman–Crippen MR) is 77.8 cm³/mol. The Hall–Kier alpha value is -0.660. The van der Waals surface area contributed by atoms with Crippen LogP contribution >= 0.6 is 15.9 Å². The van der Waals surface area contributed by atoms with Gasteiger partial charge in [0.05, 0.1) is 0 Å². The third kappa shape index (κ3) is 4.43. The molecule has 3 N–H and O–H groups in total. The second-order valence-corrected chi connectivity index (χ2v) is 7.01. The normalized spacial score (nSPS) is 13.5. The third-order valence-electron chi connectivity index (χ3n) is 2.69. The van der Waals surface area contributed by atoms with Crippen LogP contribution in [0, 0.1) is 5.82 Å². The molecule has 0 aromatic heterocycles. The Kier molecular flexibility index (Phi) is 5.76. The smallest absolute Gasteiger partial charge is 0.243 e. The maximum atomic E-state index is 13.7. The zero-order valence-corrected chi connectivity index (χ0v) is 13.3. The van der Waals surface area contributed by atoms with Gasteiger partial charge in [-0.3, -0.25) is 0 Å². The summed E-state index contributed by atoms with van der Waals surface area (Å²) in [6.45, 7) is 3.78. The van der Waals surface area contributed by atoms with Crippen LogP contribution in [-0.2, 0) is 10.0 Å². The van der Waals surface area contributed by atoms with Gasteiger partial charge >= 0.3 is 0 Å². The van der Waals surface area contributed by atoms with E-state index in [1.54, 1.807) is 6.92 Å². The molecule has 4 nitrogen and oxygen atoms in total. The fourth-order valence-electron chi connectivity index (χ4n) is 1.65. The van der Waals surface area contributed by atoms with Crippen molar-refractivity contribution < 1.29 is 12.8 Å². The van der Waals surface area contributed by atoms with E-state index in [0.29, 0.717) is 10.9 Å². The highest BCUT2D eigenvalue weighted by molar-refractivity contribution is 9.10. The van der Waals surface area contributed by atoms with Crippen LogP contribution in [0.3, 0.4) is 0 Å². The van der Waals surface area contributed by atoms with Crippen molar-refractivity contribution in [3.05, 3.63) is 22.4 Å². The van der Waals surface area contributed by atoms with E-state index in [0.717, 1.165) is 25.0 Å². The quantitative estimate of drug-likeness (QED) is 0.772. The van der Waals surface area contributed by atoms with Crippen molar-refractivity contribution in [2.75, 3.05) is 5.73 Å². The van der Waals surface area contributed by atoms with E-state index in [4.69, 9.17) is 5.73 Å². The SMILES string of the molecule is CCCCC(C)NS(=O)(=O)c1cc(N)c(Br)cc1F. The van der Waals surface area contributed by atoms with E-state index in [1.807, 2.05) is 6.92 Å². The Morgan fingerprint density at radius 3 is 2.68 bits per heavy atom. The summed E-state index contributed by atoms with van der Waals surface area (Å²) in [7, 11) is -3.89. The van der Waals surface area contributed by atoms with Crippen LogP contribution in [0.25, 0.3) is 0 Å². The van der Waals surface area contributed by atoms with Crippen LogP contribution in [0.1, 0.15) is 33.1 Å². The molecule has 7 heteroatoms. The predicted octanol–water partition coefficient (Wildman–Crippen LogP) is 3.03. The summed E-state index contributed by atoms with van der Waals surface area (Å²) in [5, 5.41) is 0. The van der Waals surface area contributed by atoms with Crippen molar-refractivity contribution in [1.82, 2.24) is 4.72 Å². The molecule has 108 valence electrons. The van der Waals surface area contributed by atoms with Crippen molar-refractivity contribution in [1.29, 1.82) is 0 Å². The zero-order valence-electron chi connectivity index (χ0n) is 10.9. The molecule has 1 rings (SSSR count). The molecule has 1 atom stereocenters. The number of rotatable bonds is 6. The van der Waals surface area contributed by atoms with Crippen molar-refractivity contribution in [3.63, 3.8) is 0 Å². The van der Waals surface area contributed by atoms with Crippen LogP contribution in [0.15, 0.2) is 21.5 Å². The number of halogens is 2. The van der Waals surface area contributed by atoms with Crippen molar-refractivity contribution in [2.45, 2.75) is 44.0 Å². The lowest BCUT2D eigenvalue weighted by atomic mass is 10.2. The second-order valence-electron chi connectivity index (χ2n) is 4.47. The number of nitrogen functional groups attached to an aromatic ring is 1. The highest BCUT2D eigenvalue weighted by atomic mass is 79.9. The monoisotopic (exact) mass is 352 g/mol. The summed E-state index contributed by atoms with van der Waals surface area (Å²) in [5.74, 6) is -0.823. The lowest BCUT2D eigenvalue weighted by Gasteiger charge is -2.14. The van der Waals surface area contributed by atoms with Crippen molar-refractivity contribution >= 4 is 31.6 Å². The summed E-state index contributed by atoms with van der Waals surface area (Å²) >= 11 is 3.05. The molecule has 0 aliphatic heterocycles. The third-order valence-corrected chi connectivity index (χ3v) is 4.98. The molecule has 0 spiro atoms. The van der Waals surface area contributed by atoms with Crippen LogP contribution in [-0.4, -0.2) is 14.5 Å². The summed E-state index contributed by atoms with van der Waals surface area (Å²) < 4.78 is 40.7. The molecule has 1 unspecified atom stereocenters. The minimum absolute atomic E-state index is 0.183. The first-order valence-electron chi connectivity index (χ1n) is 6.04. The van der Waals surface area contributed by atoms with Crippen molar-refractivity contribution in [3.8, 4) is 0 Å². The van der Waals surface area contributed by atoms with Crippen LogP contribution in [0.5, 0.6) is 0 Å². The van der Waals surface area contributed by atoms with E-state index >= 15 is 0 Å². The van der Waals surface area contributed by atoms with Gasteiger partial charge < -0.3 is 5.73 Å². The Bertz CT molecular complexity index is 549.